The van der Waals surface area contributed by atoms with Crippen LogP contribution in [0.1, 0.15) is 57.2 Å². The molecule has 0 spiro atoms. The van der Waals surface area contributed by atoms with Crippen LogP contribution in [0.15, 0.2) is 114 Å². The van der Waals surface area contributed by atoms with Crippen molar-refractivity contribution in [2.75, 3.05) is 6.61 Å². The number of ether oxygens (including phenoxy) is 3. The highest BCUT2D eigenvalue weighted by molar-refractivity contribution is 6.42. The van der Waals surface area contributed by atoms with Gasteiger partial charge in [0.1, 0.15) is 24.7 Å². The van der Waals surface area contributed by atoms with Crippen molar-refractivity contribution in [2.45, 2.75) is 64.1 Å². The Hall–Kier alpha value is -6.32. The van der Waals surface area contributed by atoms with Gasteiger partial charge in [0.15, 0.2) is 17.6 Å². The van der Waals surface area contributed by atoms with Crippen LogP contribution in [0.2, 0.25) is 10.0 Å². The molecule has 0 fully saturated rings. The minimum absolute atomic E-state index is 0.245. The summed E-state index contributed by atoms with van der Waals surface area (Å²) in [7, 11) is 0. The maximum atomic E-state index is 14.3. The Morgan fingerprint density at radius 1 is 0.933 bits per heavy atom. The fourth-order valence-electron chi connectivity index (χ4n) is 7.60. The average Bonchev–Trinajstić information content (AvgIpc) is 3.66. The molecule has 2 N–H and O–H groups in total. The number of benzene rings is 5. The molecular weight excluding hydrogens is 803 g/mol. The molecule has 0 saturated carbocycles. The number of aliphatic carboxylic acids is 1. The first-order valence-corrected chi connectivity index (χ1v) is 20.2. The molecule has 1 aromatic heterocycles. The zero-order valence-electron chi connectivity index (χ0n) is 32.6. The van der Waals surface area contributed by atoms with Gasteiger partial charge in [-0.15, -0.1) is 0 Å². The standard InChI is InChI=1S/C47H40Cl2N4O7/c1-28-37(23-51-60-28)25-53-24-36-20-44-43(58-27-45(59-44)34-11-13-39(14-12-34)57-26-31-6-15-40(48)41(49)17-31)19-35(36)18-42(53)47(56)52-38(21-46(54)55)16-29-2-7-32(8-3-29)33-9-4-30(22-50)5-10-33/h2-15,17,19-20,23,38,42,45H,16,18,21,24-27H2,1H3,(H,52,56)(H,54,55). The number of aromatic nitrogens is 1. The van der Waals surface area contributed by atoms with E-state index in [1.165, 1.54) is 0 Å². The fourth-order valence-corrected chi connectivity index (χ4v) is 7.92. The molecule has 13 heteroatoms. The van der Waals surface area contributed by atoms with Crippen LogP contribution in [-0.2, 0) is 42.1 Å². The van der Waals surface area contributed by atoms with Crippen LogP contribution in [0.5, 0.6) is 17.2 Å². The number of halogens is 2. The predicted octanol–water partition coefficient (Wildman–Crippen LogP) is 9.05. The van der Waals surface area contributed by atoms with Crippen LogP contribution in [-0.4, -0.2) is 45.7 Å². The molecule has 8 rings (SSSR count). The Morgan fingerprint density at radius 2 is 1.65 bits per heavy atom. The maximum absolute atomic E-state index is 14.3. The second kappa shape index (κ2) is 17.9. The van der Waals surface area contributed by atoms with E-state index in [4.69, 9.17) is 47.2 Å². The Kier molecular flexibility index (Phi) is 12.1. The summed E-state index contributed by atoms with van der Waals surface area (Å²) in [4.78, 5) is 28.4. The van der Waals surface area contributed by atoms with Crippen LogP contribution >= 0.6 is 23.2 Å². The number of carboxylic acid groups (broad SMARTS) is 1. The van der Waals surface area contributed by atoms with Gasteiger partial charge in [0.25, 0.3) is 0 Å². The Morgan fingerprint density at radius 3 is 2.33 bits per heavy atom. The molecule has 0 bridgehead atoms. The zero-order chi connectivity index (χ0) is 41.8. The second-order valence-corrected chi connectivity index (χ2v) is 15.8. The Balaban J connectivity index is 0.963. The van der Waals surface area contributed by atoms with Crippen LogP contribution in [0.3, 0.4) is 0 Å². The van der Waals surface area contributed by atoms with Gasteiger partial charge in [0, 0.05) is 24.7 Å². The molecule has 0 radical (unpaired) electrons. The van der Waals surface area contributed by atoms with Gasteiger partial charge in [-0.25, -0.2) is 0 Å². The molecule has 2 aliphatic rings. The van der Waals surface area contributed by atoms with Gasteiger partial charge >= 0.3 is 5.97 Å². The number of fused-ring (bicyclic) bond motifs is 2. The van der Waals surface area contributed by atoms with Gasteiger partial charge in [-0.1, -0.05) is 83.0 Å². The number of carboxylic acids is 1. The topological polar surface area (TPSA) is 147 Å². The number of nitrogens with one attached hydrogen (secondary N) is 1. The number of rotatable bonds is 13. The van der Waals surface area contributed by atoms with Crippen molar-refractivity contribution in [1.82, 2.24) is 15.4 Å². The van der Waals surface area contributed by atoms with E-state index < -0.39 is 18.1 Å². The smallest absolute Gasteiger partial charge is 0.305 e. The van der Waals surface area contributed by atoms with E-state index in [0.29, 0.717) is 77.8 Å². The van der Waals surface area contributed by atoms with Crippen molar-refractivity contribution in [3.63, 3.8) is 0 Å². The van der Waals surface area contributed by atoms with Gasteiger partial charge in [-0.2, -0.15) is 5.26 Å². The number of nitriles is 1. The lowest BCUT2D eigenvalue weighted by molar-refractivity contribution is -0.138. The molecule has 5 aromatic carbocycles. The van der Waals surface area contributed by atoms with E-state index >= 15 is 0 Å². The van der Waals surface area contributed by atoms with Crippen molar-refractivity contribution in [3.05, 3.63) is 164 Å². The molecule has 60 heavy (non-hydrogen) atoms. The molecule has 3 heterocycles. The normalized spacial score (nSPS) is 16.3. The number of aryl methyl sites for hydroxylation is 1. The first-order valence-electron chi connectivity index (χ1n) is 19.5. The van der Waals surface area contributed by atoms with E-state index in [2.05, 4.69) is 21.4 Å². The van der Waals surface area contributed by atoms with E-state index in [1.807, 2.05) is 85.8 Å². The van der Waals surface area contributed by atoms with Crippen LogP contribution < -0.4 is 19.5 Å². The first-order chi connectivity index (χ1) is 29.1. The van der Waals surface area contributed by atoms with Crippen molar-refractivity contribution >= 4 is 35.1 Å². The number of hydrogen-bond donors (Lipinski definition) is 2. The number of hydrogen-bond acceptors (Lipinski definition) is 9. The lowest BCUT2D eigenvalue weighted by Crippen LogP contribution is -2.52. The quantitative estimate of drug-likeness (QED) is 0.115. The van der Waals surface area contributed by atoms with Crippen molar-refractivity contribution in [1.29, 1.82) is 5.26 Å². The van der Waals surface area contributed by atoms with Crippen molar-refractivity contribution in [3.8, 4) is 34.4 Å². The molecule has 304 valence electrons. The van der Waals surface area contributed by atoms with Gasteiger partial charge < -0.3 is 29.2 Å². The minimum atomic E-state index is -1.01. The molecule has 1 amide bonds. The summed E-state index contributed by atoms with van der Waals surface area (Å²) >= 11 is 12.2. The Bertz CT molecular complexity index is 2550. The molecule has 6 aromatic rings. The Labute approximate surface area is 357 Å². The third kappa shape index (κ3) is 9.42. The molecule has 0 saturated heterocycles. The molecule has 3 unspecified atom stereocenters. The van der Waals surface area contributed by atoms with Crippen molar-refractivity contribution in [2.24, 2.45) is 0 Å². The maximum Gasteiger partial charge on any atom is 0.305 e. The van der Waals surface area contributed by atoms with Crippen LogP contribution in [0, 0.1) is 18.3 Å². The second-order valence-electron chi connectivity index (χ2n) is 15.0. The van der Waals surface area contributed by atoms with Gasteiger partial charge in [-0.05, 0) is 107 Å². The number of amides is 1. The predicted molar refractivity (Wildman–Crippen MR) is 225 cm³/mol. The van der Waals surface area contributed by atoms with E-state index in [1.54, 1.807) is 30.5 Å². The third-order valence-corrected chi connectivity index (χ3v) is 11.6. The summed E-state index contributed by atoms with van der Waals surface area (Å²) in [5.41, 5.74) is 8.02. The van der Waals surface area contributed by atoms with Crippen molar-refractivity contribution < 1.29 is 33.4 Å². The molecule has 3 atom stereocenters. The fraction of sp³-hybridized carbons (Fsp3) is 0.234. The third-order valence-electron chi connectivity index (χ3n) is 10.9. The lowest BCUT2D eigenvalue weighted by atomic mass is 9.91. The van der Waals surface area contributed by atoms with Crippen LogP contribution in [0.4, 0.5) is 0 Å². The number of carbonyl (C=O) groups excluding carboxylic acids is 1. The summed E-state index contributed by atoms with van der Waals surface area (Å²) in [6, 6.07) is 33.0. The van der Waals surface area contributed by atoms with Gasteiger partial charge in [-0.3, -0.25) is 14.5 Å². The highest BCUT2D eigenvalue weighted by atomic mass is 35.5. The minimum Gasteiger partial charge on any atom is -0.489 e. The van der Waals surface area contributed by atoms with E-state index in [0.717, 1.165) is 44.5 Å². The zero-order valence-corrected chi connectivity index (χ0v) is 34.1. The lowest BCUT2D eigenvalue weighted by Gasteiger charge is -2.37. The largest absolute Gasteiger partial charge is 0.489 e. The summed E-state index contributed by atoms with van der Waals surface area (Å²) in [6.45, 7) is 3.28. The summed E-state index contributed by atoms with van der Waals surface area (Å²) in [5, 5.41) is 27.0. The molecule has 0 aliphatic carbocycles. The number of nitrogens with zero attached hydrogens (tertiary/aromatic N) is 3. The highest BCUT2D eigenvalue weighted by Crippen LogP contribution is 2.41. The SMILES string of the molecule is Cc1oncc1CN1Cc2cc3c(cc2CC1C(=O)NC(CC(=O)O)Cc1ccc(-c2ccc(C#N)cc2)cc1)OCC(c1ccc(OCc2ccc(Cl)c(Cl)c2)cc1)O3. The van der Waals surface area contributed by atoms with Gasteiger partial charge in [0.05, 0.1) is 40.3 Å². The van der Waals surface area contributed by atoms with Gasteiger partial charge in [0.2, 0.25) is 5.91 Å². The summed E-state index contributed by atoms with van der Waals surface area (Å²) in [6.07, 6.45) is 1.76. The monoisotopic (exact) mass is 842 g/mol. The highest BCUT2D eigenvalue weighted by Gasteiger charge is 2.35. The molecule has 2 aliphatic heterocycles. The molecular formula is C47H40Cl2N4O7. The summed E-state index contributed by atoms with van der Waals surface area (Å²) < 4.78 is 24.1. The average molecular weight is 844 g/mol. The number of carbonyl (C=O) groups is 2. The van der Waals surface area contributed by atoms with E-state index in [-0.39, 0.29) is 18.4 Å². The van der Waals surface area contributed by atoms with E-state index in [9.17, 15) is 14.7 Å². The molecule has 11 nitrogen and oxygen atoms in total. The summed E-state index contributed by atoms with van der Waals surface area (Å²) in [5.74, 6) is 1.29. The first kappa shape index (κ1) is 40.5. The van der Waals surface area contributed by atoms with Crippen LogP contribution in [0.25, 0.3) is 11.1 Å².